The predicted octanol–water partition coefficient (Wildman–Crippen LogP) is 1.57. The molecule has 2 N–H and O–H groups in total. The van der Waals surface area contributed by atoms with Gasteiger partial charge >= 0.3 is 5.97 Å². The number of hydrogen-bond donors (Lipinski definition) is 2. The van der Waals surface area contributed by atoms with Gasteiger partial charge in [0.25, 0.3) is 0 Å². The Morgan fingerprint density at radius 1 is 1.44 bits per heavy atom. The highest BCUT2D eigenvalue weighted by Crippen LogP contribution is 2.24. The van der Waals surface area contributed by atoms with Crippen molar-refractivity contribution in [3.8, 4) is 5.75 Å². The van der Waals surface area contributed by atoms with Gasteiger partial charge in [0, 0.05) is 6.04 Å². The van der Waals surface area contributed by atoms with Gasteiger partial charge in [0.15, 0.2) is 6.61 Å². The Hall–Kier alpha value is -1.55. The summed E-state index contributed by atoms with van der Waals surface area (Å²) in [6, 6.07) is 8.05. The van der Waals surface area contributed by atoms with Crippen molar-refractivity contribution in [2.24, 2.45) is 0 Å². The van der Waals surface area contributed by atoms with Crippen molar-refractivity contribution < 1.29 is 14.6 Å². The molecule has 0 radical (unpaired) electrons. The highest BCUT2D eigenvalue weighted by Gasteiger charge is 2.15. The number of hydrogen-bond acceptors (Lipinski definition) is 3. The monoisotopic (exact) mass is 221 g/mol. The van der Waals surface area contributed by atoms with Gasteiger partial charge in [-0.05, 0) is 37.1 Å². The molecule has 2 rings (SSSR count). The van der Waals surface area contributed by atoms with Crippen LogP contribution in [0.5, 0.6) is 5.75 Å². The zero-order valence-electron chi connectivity index (χ0n) is 8.98. The summed E-state index contributed by atoms with van der Waals surface area (Å²) in [7, 11) is 0. The van der Waals surface area contributed by atoms with Gasteiger partial charge < -0.3 is 15.2 Å². The normalized spacial score (nSPS) is 19.6. The molecule has 0 spiro atoms. The summed E-state index contributed by atoms with van der Waals surface area (Å²) in [5.74, 6) is -0.356. The highest BCUT2D eigenvalue weighted by atomic mass is 16.5. The molecule has 1 saturated heterocycles. The van der Waals surface area contributed by atoms with Crippen molar-refractivity contribution >= 4 is 5.97 Å². The second-order valence-electron chi connectivity index (χ2n) is 3.90. The van der Waals surface area contributed by atoms with Gasteiger partial charge in [-0.1, -0.05) is 12.1 Å². The number of carboxylic acid groups (broad SMARTS) is 1. The Morgan fingerprint density at radius 3 is 2.75 bits per heavy atom. The van der Waals surface area contributed by atoms with Crippen molar-refractivity contribution in [1.29, 1.82) is 0 Å². The molecule has 1 aromatic carbocycles. The lowest BCUT2D eigenvalue weighted by Crippen LogP contribution is -2.13. The first-order valence-electron chi connectivity index (χ1n) is 5.43. The summed E-state index contributed by atoms with van der Waals surface area (Å²) < 4.78 is 5.07. The third kappa shape index (κ3) is 2.73. The van der Waals surface area contributed by atoms with Crippen molar-refractivity contribution in [3.63, 3.8) is 0 Å². The average molecular weight is 221 g/mol. The fraction of sp³-hybridized carbons (Fsp3) is 0.417. The molecule has 1 aromatic rings. The lowest BCUT2D eigenvalue weighted by Gasteiger charge is -2.11. The van der Waals surface area contributed by atoms with E-state index in [4.69, 9.17) is 9.84 Å². The summed E-state index contributed by atoms with van der Waals surface area (Å²) in [6.07, 6.45) is 2.37. The van der Waals surface area contributed by atoms with Crippen LogP contribution in [0.15, 0.2) is 24.3 Å². The van der Waals surface area contributed by atoms with Crippen LogP contribution in [0.25, 0.3) is 0 Å². The zero-order valence-corrected chi connectivity index (χ0v) is 8.98. The van der Waals surface area contributed by atoms with Crippen molar-refractivity contribution in [2.75, 3.05) is 13.2 Å². The maximum Gasteiger partial charge on any atom is 0.341 e. The maximum absolute atomic E-state index is 10.3. The van der Waals surface area contributed by atoms with E-state index in [0.29, 0.717) is 11.8 Å². The summed E-state index contributed by atoms with van der Waals surface area (Å²) in [5, 5.41) is 11.9. The smallest absolute Gasteiger partial charge is 0.341 e. The van der Waals surface area contributed by atoms with Crippen LogP contribution in [0.1, 0.15) is 24.4 Å². The molecule has 1 fully saturated rings. The van der Waals surface area contributed by atoms with Gasteiger partial charge in [0.1, 0.15) is 5.75 Å². The van der Waals surface area contributed by atoms with Crippen molar-refractivity contribution in [1.82, 2.24) is 5.32 Å². The van der Waals surface area contributed by atoms with E-state index in [9.17, 15) is 4.79 Å². The van der Waals surface area contributed by atoms with Gasteiger partial charge in [-0.25, -0.2) is 4.79 Å². The molecular formula is C12H15NO3. The van der Waals surface area contributed by atoms with Crippen LogP contribution in [0.4, 0.5) is 0 Å². The van der Waals surface area contributed by atoms with E-state index >= 15 is 0 Å². The Labute approximate surface area is 94.2 Å². The zero-order chi connectivity index (χ0) is 11.4. The highest BCUT2D eigenvalue weighted by molar-refractivity contribution is 5.68. The molecule has 86 valence electrons. The summed E-state index contributed by atoms with van der Waals surface area (Å²) in [4.78, 5) is 10.3. The largest absolute Gasteiger partial charge is 0.482 e. The first-order valence-corrected chi connectivity index (χ1v) is 5.43. The molecule has 1 heterocycles. The van der Waals surface area contributed by atoms with Gasteiger partial charge in [-0.2, -0.15) is 0 Å². The SMILES string of the molecule is O=C(O)COc1ccc(C2CCCN2)cc1. The molecule has 0 aliphatic carbocycles. The second-order valence-corrected chi connectivity index (χ2v) is 3.90. The van der Waals surface area contributed by atoms with Crippen LogP contribution in [-0.2, 0) is 4.79 Å². The minimum Gasteiger partial charge on any atom is -0.482 e. The van der Waals surface area contributed by atoms with Crippen molar-refractivity contribution in [3.05, 3.63) is 29.8 Å². The van der Waals surface area contributed by atoms with Crippen molar-refractivity contribution in [2.45, 2.75) is 18.9 Å². The number of carbonyl (C=O) groups is 1. The molecule has 4 nitrogen and oxygen atoms in total. The molecule has 1 aliphatic rings. The number of nitrogens with one attached hydrogen (secondary N) is 1. The molecule has 16 heavy (non-hydrogen) atoms. The van der Waals surface area contributed by atoms with Gasteiger partial charge in [-0.3, -0.25) is 0 Å². The number of aliphatic carboxylic acids is 1. The maximum atomic E-state index is 10.3. The fourth-order valence-corrected chi connectivity index (χ4v) is 1.91. The minimum atomic E-state index is -0.957. The lowest BCUT2D eigenvalue weighted by molar-refractivity contribution is -0.139. The number of carboxylic acids is 1. The molecule has 0 amide bonds. The Morgan fingerprint density at radius 2 is 2.19 bits per heavy atom. The molecule has 4 heteroatoms. The average Bonchev–Trinajstić information content (AvgIpc) is 2.80. The minimum absolute atomic E-state index is 0.291. The standard InChI is InChI=1S/C12H15NO3/c14-12(15)8-16-10-5-3-9(4-6-10)11-2-1-7-13-11/h3-6,11,13H,1-2,7-8H2,(H,14,15). The van der Waals surface area contributed by atoms with E-state index in [2.05, 4.69) is 5.32 Å². The third-order valence-corrected chi connectivity index (χ3v) is 2.71. The Balaban J connectivity index is 1.95. The van der Waals surface area contributed by atoms with E-state index < -0.39 is 5.97 Å². The second kappa shape index (κ2) is 4.99. The summed E-state index contributed by atoms with van der Waals surface area (Å²) in [6.45, 7) is 0.781. The Kier molecular flexibility index (Phi) is 3.41. The lowest BCUT2D eigenvalue weighted by atomic mass is 10.1. The number of ether oxygens (including phenoxy) is 1. The predicted molar refractivity (Wildman–Crippen MR) is 59.6 cm³/mol. The quantitative estimate of drug-likeness (QED) is 0.810. The van der Waals surface area contributed by atoms with E-state index in [1.807, 2.05) is 24.3 Å². The first-order chi connectivity index (χ1) is 7.75. The topological polar surface area (TPSA) is 58.6 Å². The van der Waals surface area contributed by atoms with Crippen LogP contribution in [0.3, 0.4) is 0 Å². The van der Waals surface area contributed by atoms with E-state index in [1.54, 1.807) is 0 Å². The molecule has 0 bridgehead atoms. The van der Waals surface area contributed by atoms with Gasteiger partial charge in [0.2, 0.25) is 0 Å². The third-order valence-electron chi connectivity index (χ3n) is 2.71. The van der Waals surface area contributed by atoms with Crippen LogP contribution < -0.4 is 10.1 Å². The number of benzene rings is 1. The van der Waals surface area contributed by atoms with Crippen LogP contribution in [-0.4, -0.2) is 24.2 Å². The van der Waals surface area contributed by atoms with E-state index in [-0.39, 0.29) is 6.61 Å². The molecule has 1 aliphatic heterocycles. The molecular weight excluding hydrogens is 206 g/mol. The fourth-order valence-electron chi connectivity index (χ4n) is 1.91. The Bertz CT molecular complexity index is 355. The van der Waals surface area contributed by atoms with Crippen LogP contribution >= 0.6 is 0 Å². The van der Waals surface area contributed by atoms with E-state index in [0.717, 1.165) is 13.0 Å². The molecule has 1 unspecified atom stereocenters. The molecule has 1 atom stereocenters. The summed E-state index contributed by atoms with van der Waals surface area (Å²) in [5.41, 5.74) is 1.24. The summed E-state index contributed by atoms with van der Waals surface area (Å²) >= 11 is 0. The number of rotatable bonds is 4. The molecule has 0 saturated carbocycles. The van der Waals surface area contributed by atoms with Gasteiger partial charge in [0.05, 0.1) is 0 Å². The molecule has 0 aromatic heterocycles. The van der Waals surface area contributed by atoms with Gasteiger partial charge in [-0.15, -0.1) is 0 Å². The van der Waals surface area contributed by atoms with Crippen LogP contribution in [0.2, 0.25) is 0 Å². The van der Waals surface area contributed by atoms with Crippen LogP contribution in [0, 0.1) is 0 Å². The first kappa shape index (κ1) is 11.0. The van der Waals surface area contributed by atoms with E-state index in [1.165, 1.54) is 12.0 Å².